The van der Waals surface area contributed by atoms with Gasteiger partial charge in [-0.05, 0) is 49.0 Å². The zero-order chi connectivity index (χ0) is 14.4. The molecule has 0 atom stereocenters. The SMILES string of the molecule is COc1ccc(CNC(=O)C(F)=C2CCCCC2)cc1. The molecule has 0 spiro atoms. The number of carbonyl (C=O) groups excluding carboxylic acids is 1. The molecule has 0 aliphatic heterocycles. The number of methoxy groups -OCH3 is 1. The highest BCUT2D eigenvalue weighted by molar-refractivity contribution is 5.91. The lowest BCUT2D eigenvalue weighted by molar-refractivity contribution is -0.119. The lowest BCUT2D eigenvalue weighted by Crippen LogP contribution is -2.24. The van der Waals surface area contributed by atoms with Crippen LogP contribution in [0.1, 0.15) is 37.7 Å². The average Bonchev–Trinajstić information content (AvgIpc) is 2.53. The van der Waals surface area contributed by atoms with Crippen molar-refractivity contribution in [3.63, 3.8) is 0 Å². The Morgan fingerprint density at radius 1 is 1.20 bits per heavy atom. The Morgan fingerprint density at radius 2 is 1.85 bits per heavy atom. The number of carbonyl (C=O) groups is 1. The molecule has 1 aliphatic rings. The van der Waals surface area contributed by atoms with Gasteiger partial charge in [0.25, 0.3) is 5.91 Å². The van der Waals surface area contributed by atoms with Gasteiger partial charge in [-0.25, -0.2) is 4.39 Å². The molecule has 4 heteroatoms. The van der Waals surface area contributed by atoms with Crippen molar-refractivity contribution in [1.29, 1.82) is 0 Å². The molecule has 1 aromatic rings. The first kappa shape index (κ1) is 14.6. The minimum absolute atomic E-state index is 0.323. The molecule has 0 heterocycles. The summed E-state index contributed by atoms with van der Waals surface area (Å²) >= 11 is 0. The van der Waals surface area contributed by atoms with Gasteiger partial charge in [0, 0.05) is 6.54 Å². The molecule has 1 aliphatic carbocycles. The van der Waals surface area contributed by atoms with Crippen LogP contribution in [0.25, 0.3) is 0 Å². The number of benzene rings is 1. The van der Waals surface area contributed by atoms with Crippen molar-refractivity contribution in [3.05, 3.63) is 41.2 Å². The van der Waals surface area contributed by atoms with Crippen molar-refractivity contribution >= 4 is 5.91 Å². The van der Waals surface area contributed by atoms with Crippen molar-refractivity contribution in [2.45, 2.75) is 38.6 Å². The van der Waals surface area contributed by atoms with Gasteiger partial charge in [0.1, 0.15) is 5.75 Å². The highest BCUT2D eigenvalue weighted by Crippen LogP contribution is 2.26. The highest BCUT2D eigenvalue weighted by Gasteiger charge is 2.17. The number of halogens is 1. The summed E-state index contributed by atoms with van der Waals surface area (Å²) in [5.41, 5.74) is 1.59. The van der Waals surface area contributed by atoms with E-state index >= 15 is 0 Å². The molecule has 1 amide bonds. The minimum atomic E-state index is -0.599. The van der Waals surface area contributed by atoms with Gasteiger partial charge in [-0.1, -0.05) is 18.6 Å². The standard InChI is InChI=1S/C16H20FNO2/c1-20-14-9-7-12(8-10-14)11-18-16(19)15(17)13-5-3-2-4-6-13/h7-10H,2-6,11H2,1H3,(H,18,19). The Morgan fingerprint density at radius 3 is 2.45 bits per heavy atom. The average molecular weight is 277 g/mol. The molecule has 1 saturated carbocycles. The van der Waals surface area contributed by atoms with Crippen molar-refractivity contribution in [1.82, 2.24) is 5.32 Å². The molecule has 0 bridgehead atoms. The third-order valence-electron chi connectivity index (χ3n) is 3.58. The maximum Gasteiger partial charge on any atom is 0.280 e. The van der Waals surface area contributed by atoms with Crippen LogP contribution < -0.4 is 10.1 Å². The van der Waals surface area contributed by atoms with Crippen LogP contribution in [0.4, 0.5) is 4.39 Å². The summed E-state index contributed by atoms with van der Waals surface area (Å²) in [7, 11) is 1.60. The predicted molar refractivity (Wildman–Crippen MR) is 76.1 cm³/mol. The van der Waals surface area contributed by atoms with Crippen LogP contribution in [0, 0.1) is 0 Å². The molecule has 1 fully saturated rings. The van der Waals surface area contributed by atoms with E-state index in [-0.39, 0.29) is 0 Å². The van der Waals surface area contributed by atoms with E-state index in [4.69, 9.17) is 4.74 Å². The Hall–Kier alpha value is -1.84. The van der Waals surface area contributed by atoms with E-state index in [0.29, 0.717) is 25.0 Å². The molecular formula is C16H20FNO2. The summed E-state index contributed by atoms with van der Waals surface area (Å²) in [5.74, 6) is -0.425. The molecule has 0 radical (unpaired) electrons. The first-order valence-electron chi connectivity index (χ1n) is 6.99. The molecule has 108 valence electrons. The third-order valence-corrected chi connectivity index (χ3v) is 3.58. The highest BCUT2D eigenvalue weighted by atomic mass is 19.1. The maximum absolute atomic E-state index is 14.0. The summed E-state index contributed by atoms with van der Waals surface area (Å²) < 4.78 is 19.0. The molecule has 20 heavy (non-hydrogen) atoms. The fourth-order valence-corrected chi connectivity index (χ4v) is 2.36. The van der Waals surface area contributed by atoms with Crippen LogP contribution in [0.3, 0.4) is 0 Å². The van der Waals surface area contributed by atoms with Gasteiger partial charge in [0.05, 0.1) is 7.11 Å². The predicted octanol–water partition coefficient (Wildman–Crippen LogP) is 3.50. The number of hydrogen-bond acceptors (Lipinski definition) is 2. The summed E-state index contributed by atoms with van der Waals surface area (Å²) in [6.07, 6.45) is 4.51. The Labute approximate surface area is 118 Å². The van der Waals surface area contributed by atoms with E-state index in [0.717, 1.165) is 30.6 Å². The van der Waals surface area contributed by atoms with Crippen LogP contribution in [0.2, 0.25) is 0 Å². The van der Waals surface area contributed by atoms with Crippen LogP contribution in [-0.4, -0.2) is 13.0 Å². The van der Waals surface area contributed by atoms with E-state index in [9.17, 15) is 9.18 Å². The molecule has 1 aromatic carbocycles. The second-order valence-electron chi connectivity index (χ2n) is 5.01. The van der Waals surface area contributed by atoms with E-state index in [1.165, 1.54) is 0 Å². The van der Waals surface area contributed by atoms with Gasteiger partial charge < -0.3 is 10.1 Å². The molecule has 1 N–H and O–H groups in total. The van der Waals surface area contributed by atoms with E-state index in [1.54, 1.807) is 7.11 Å². The van der Waals surface area contributed by atoms with Crippen LogP contribution in [0.15, 0.2) is 35.7 Å². The minimum Gasteiger partial charge on any atom is -0.497 e. The second-order valence-corrected chi connectivity index (χ2v) is 5.01. The van der Waals surface area contributed by atoms with Gasteiger partial charge in [0.15, 0.2) is 5.83 Å². The normalized spacial score (nSPS) is 14.8. The zero-order valence-electron chi connectivity index (χ0n) is 11.7. The third kappa shape index (κ3) is 3.83. The molecule has 2 rings (SSSR count). The molecule has 0 saturated heterocycles. The van der Waals surface area contributed by atoms with Gasteiger partial charge >= 0.3 is 0 Å². The first-order valence-corrected chi connectivity index (χ1v) is 6.99. The Bertz CT molecular complexity index is 486. The van der Waals surface area contributed by atoms with Crippen molar-refractivity contribution < 1.29 is 13.9 Å². The van der Waals surface area contributed by atoms with Gasteiger partial charge in [-0.3, -0.25) is 4.79 Å². The molecular weight excluding hydrogens is 257 g/mol. The van der Waals surface area contributed by atoms with Crippen LogP contribution in [0.5, 0.6) is 5.75 Å². The van der Waals surface area contributed by atoms with Crippen LogP contribution >= 0.6 is 0 Å². The van der Waals surface area contributed by atoms with Gasteiger partial charge in [-0.2, -0.15) is 0 Å². The maximum atomic E-state index is 14.0. The molecule has 0 unspecified atom stereocenters. The number of hydrogen-bond donors (Lipinski definition) is 1. The topological polar surface area (TPSA) is 38.3 Å². The Kier molecular flexibility index (Phi) is 5.16. The number of amides is 1. The van der Waals surface area contributed by atoms with E-state index in [2.05, 4.69) is 5.32 Å². The summed E-state index contributed by atoms with van der Waals surface area (Å²) in [4.78, 5) is 11.8. The number of rotatable bonds is 4. The zero-order valence-corrected chi connectivity index (χ0v) is 11.7. The molecule has 0 aromatic heterocycles. The monoisotopic (exact) mass is 277 g/mol. The fourth-order valence-electron chi connectivity index (χ4n) is 2.36. The van der Waals surface area contributed by atoms with E-state index < -0.39 is 11.7 Å². The largest absolute Gasteiger partial charge is 0.497 e. The smallest absolute Gasteiger partial charge is 0.280 e. The van der Waals surface area contributed by atoms with E-state index in [1.807, 2.05) is 24.3 Å². The lowest BCUT2D eigenvalue weighted by Gasteiger charge is -2.14. The fraction of sp³-hybridized carbons (Fsp3) is 0.438. The summed E-state index contributed by atoms with van der Waals surface area (Å²) in [5, 5.41) is 2.62. The van der Waals surface area contributed by atoms with Crippen LogP contribution in [-0.2, 0) is 11.3 Å². The number of allylic oxidation sites excluding steroid dienone is 1. The second kappa shape index (κ2) is 7.08. The lowest BCUT2D eigenvalue weighted by atomic mass is 9.94. The molecule has 3 nitrogen and oxygen atoms in total. The first-order chi connectivity index (χ1) is 9.70. The summed E-state index contributed by atoms with van der Waals surface area (Å²) in [6.45, 7) is 0.323. The summed E-state index contributed by atoms with van der Waals surface area (Å²) in [6, 6.07) is 7.34. The van der Waals surface area contributed by atoms with Crippen molar-refractivity contribution in [2.24, 2.45) is 0 Å². The Balaban J connectivity index is 1.90. The number of nitrogens with one attached hydrogen (secondary N) is 1. The quantitative estimate of drug-likeness (QED) is 0.855. The van der Waals surface area contributed by atoms with Gasteiger partial charge in [-0.15, -0.1) is 0 Å². The van der Waals surface area contributed by atoms with Crippen molar-refractivity contribution in [2.75, 3.05) is 7.11 Å². The number of ether oxygens (including phenoxy) is 1. The van der Waals surface area contributed by atoms with Gasteiger partial charge in [0.2, 0.25) is 0 Å². The van der Waals surface area contributed by atoms with Crippen molar-refractivity contribution in [3.8, 4) is 5.75 Å².